The third-order valence-corrected chi connectivity index (χ3v) is 4.79. The third kappa shape index (κ3) is 4.53. The van der Waals surface area contributed by atoms with Crippen LogP contribution in [0, 0.1) is 11.3 Å². The smallest absolute Gasteiger partial charge is 0.0590 e. The van der Waals surface area contributed by atoms with Crippen LogP contribution in [0.25, 0.3) is 0 Å². The van der Waals surface area contributed by atoms with E-state index in [2.05, 4.69) is 59.7 Å². The fourth-order valence-corrected chi connectivity index (χ4v) is 2.74. The van der Waals surface area contributed by atoms with Gasteiger partial charge >= 0.3 is 0 Å². The van der Waals surface area contributed by atoms with Crippen LogP contribution in [0.3, 0.4) is 0 Å². The first-order chi connectivity index (χ1) is 8.79. The molecule has 2 unspecified atom stereocenters. The summed E-state index contributed by atoms with van der Waals surface area (Å²) in [6, 6.07) is 6.80. The fraction of sp³-hybridized carbons (Fsp3) is 0.667. The second-order valence-electron chi connectivity index (χ2n) is 6.71. The Morgan fingerprint density at radius 3 is 2.21 bits per heavy atom. The highest BCUT2D eigenvalue weighted by Crippen LogP contribution is 2.37. The molecule has 1 heteroatoms. The molecule has 19 heavy (non-hydrogen) atoms. The molecule has 0 aromatic heterocycles. The van der Waals surface area contributed by atoms with Crippen LogP contribution in [0.15, 0.2) is 18.2 Å². The van der Waals surface area contributed by atoms with Crippen molar-refractivity contribution in [2.75, 3.05) is 0 Å². The maximum absolute atomic E-state index is 6.72. The standard InChI is InChI=1S/C18H29Cl/c1-7-14-9-10-15(8-2)16(12-14)17(19)11-13(3)18(4,5)6/h9-10,12-13,17H,7-8,11H2,1-6H3. The van der Waals surface area contributed by atoms with E-state index in [-0.39, 0.29) is 5.38 Å². The van der Waals surface area contributed by atoms with Crippen molar-refractivity contribution < 1.29 is 0 Å². The Morgan fingerprint density at radius 1 is 1.11 bits per heavy atom. The Kier molecular flexibility index (Phi) is 5.92. The van der Waals surface area contributed by atoms with Gasteiger partial charge in [0.2, 0.25) is 0 Å². The zero-order valence-electron chi connectivity index (χ0n) is 13.4. The minimum absolute atomic E-state index is 0.135. The largest absolute Gasteiger partial charge is 0.118 e. The highest BCUT2D eigenvalue weighted by atomic mass is 35.5. The first-order valence-corrected chi connectivity index (χ1v) is 7.99. The highest BCUT2D eigenvalue weighted by Gasteiger charge is 2.24. The van der Waals surface area contributed by atoms with Crippen molar-refractivity contribution in [3.63, 3.8) is 0 Å². The van der Waals surface area contributed by atoms with Crippen molar-refractivity contribution in [2.24, 2.45) is 11.3 Å². The molecule has 0 nitrogen and oxygen atoms in total. The molecule has 1 rings (SSSR count). The van der Waals surface area contributed by atoms with Gasteiger partial charge in [-0.05, 0) is 47.3 Å². The van der Waals surface area contributed by atoms with E-state index in [0.717, 1.165) is 19.3 Å². The molecular formula is C18H29Cl. The lowest BCUT2D eigenvalue weighted by molar-refractivity contribution is 0.245. The predicted octanol–water partition coefficient (Wildman–Crippen LogP) is 6.16. The Bertz CT molecular complexity index is 401. The minimum Gasteiger partial charge on any atom is -0.118 e. The summed E-state index contributed by atoms with van der Waals surface area (Å²) in [6.45, 7) is 13.6. The molecule has 0 fully saturated rings. The third-order valence-electron chi connectivity index (χ3n) is 4.38. The molecule has 1 aromatic rings. The van der Waals surface area contributed by atoms with Crippen LogP contribution >= 0.6 is 11.6 Å². The first kappa shape index (κ1) is 16.6. The molecule has 0 spiro atoms. The van der Waals surface area contributed by atoms with E-state index in [0.29, 0.717) is 11.3 Å². The van der Waals surface area contributed by atoms with E-state index < -0.39 is 0 Å². The van der Waals surface area contributed by atoms with Gasteiger partial charge in [-0.1, -0.05) is 59.7 Å². The van der Waals surface area contributed by atoms with Crippen LogP contribution in [-0.2, 0) is 12.8 Å². The SMILES string of the molecule is CCc1ccc(CC)c(C(Cl)CC(C)C(C)(C)C)c1. The Balaban J connectivity index is 2.94. The summed E-state index contributed by atoms with van der Waals surface area (Å²) in [5.41, 5.74) is 4.46. The van der Waals surface area contributed by atoms with Gasteiger partial charge in [0.05, 0.1) is 5.38 Å². The summed E-state index contributed by atoms with van der Waals surface area (Å²) in [6.07, 6.45) is 3.19. The lowest BCUT2D eigenvalue weighted by atomic mass is 9.78. The fourth-order valence-electron chi connectivity index (χ4n) is 2.27. The predicted molar refractivity (Wildman–Crippen MR) is 87.0 cm³/mol. The molecule has 1 aromatic carbocycles. The number of hydrogen-bond acceptors (Lipinski definition) is 0. The van der Waals surface area contributed by atoms with E-state index in [9.17, 15) is 0 Å². The summed E-state index contributed by atoms with van der Waals surface area (Å²) in [4.78, 5) is 0. The number of aryl methyl sites for hydroxylation is 2. The van der Waals surface area contributed by atoms with Gasteiger partial charge < -0.3 is 0 Å². The van der Waals surface area contributed by atoms with Gasteiger partial charge in [0.1, 0.15) is 0 Å². The molecule has 0 saturated carbocycles. The first-order valence-electron chi connectivity index (χ1n) is 7.55. The van der Waals surface area contributed by atoms with E-state index in [1.54, 1.807) is 0 Å². The van der Waals surface area contributed by atoms with Gasteiger partial charge in [-0.2, -0.15) is 0 Å². The van der Waals surface area contributed by atoms with E-state index >= 15 is 0 Å². The van der Waals surface area contributed by atoms with Crippen LogP contribution in [0.2, 0.25) is 0 Å². The zero-order chi connectivity index (χ0) is 14.6. The van der Waals surface area contributed by atoms with Gasteiger partial charge in [0.25, 0.3) is 0 Å². The molecule has 0 aliphatic rings. The molecule has 0 aliphatic carbocycles. The van der Waals surface area contributed by atoms with Crippen molar-refractivity contribution in [2.45, 2.75) is 66.2 Å². The number of rotatable bonds is 5. The van der Waals surface area contributed by atoms with Crippen molar-refractivity contribution in [3.05, 3.63) is 34.9 Å². The van der Waals surface area contributed by atoms with Gasteiger partial charge in [-0.25, -0.2) is 0 Å². The van der Waals surface area contributed by atoms with Crippen LogP contribution in [0.4, 0.5) is 0 Å². The van der Waals surface area contributed by atoms with E-state index in [1.807, 2.05) is 0 Å². The quantitative estimate of drug-likeness (QED) is 0.566. The lowest BCUT2D eigenvalue weighted by Crippen LogP contribution is -2.19. The summed E-state index contributed by atoms with van der Waals surface area (Å²) in [5, 5.41) is 0.135. The number of hydrogen-bond donors (Lipinski definition) is 0. The van der Waals surface area contributed by atoms with E-state index in [4.69, 9.17) is 11.6 Å². The molecule has 0 N–H and O–H groups in total. The summed E-state index contributed by atoms with van der Waals surface area (Å²) in [7, 11) is 0. The van der Waals surface area contributed by atoms with Crippen LogP contribution in [-0.4, -0.2) is 0 Å². The van der Waals surface area contributed by atoms with Crippen molar-refractivity contribution in [1.29, 1.82) is 0 Å². The maximum Gasteiger partial charge on any atom is 0.0590 e. The molecule has 0 bridgehead atoms. The molecule has 0 saturated heterocycles. The second-order valence-corrected chi connectivity index (χ2v) is 7.24. The summed E-state index contributed by atoms with van der Waals surface area (Å²) < 4.78 is 0. The Labute approximate surface area is 124 Å². The van der Waals surface area contributed by atoms with Gasteiger partial charge in [-0.3, -0.25) is 0 Å². The van der Waals surface area contributed by atoms with Gasteiger partial charge in [-0.15, -0.1) is 11.6 Å². The topological polar surface area (TPSA) is 0 Å². The summed E-state index contributed by atoms with van der Waals surface area (Å²) in [5.74, 6) is 0.616. The molecule has 0 heterocycles. The molecule has 108 valence electrons. The van der Waals surface area contributed by atoms with E-state index in [1.165, 1.54) is 16.7 Å². The second kappa shape index (κ2) is 6.79. The minimum atomic E-state index is 0.135. The Morgan fingerprint density at radius 2 is 1.74 bits per heavy atom. The molecule has 0 amide bonds. The van der Waals surface area contributed by atoms with Crippen LogP contribution in [0.1, 0.15) is 70.0 Å². The van der Waals surface area contributed by atoms with Crippen molar-refractivity contribution in [1.82, 2.24) is 0 Å². The lowest BCUT2D eigenvalue weighted by Gasteiger charge is -2.29. The molecule has 0 radical (unpaired) electrons. The zero-order valence-corrected chi connectivity index (χ0v) is 14.1. The normalized spacial score (nSPS) is 15.3. The summed E-state index contributed by atoms with van der Waals surface area (Å²) >= 11 is 6.72. The van der Waals surface area contributed by atoms with Crippen molar-refractivity contribution in [3.8, 4) is 0 Å². The monoisotopic (exact) mass is 280 g/mol. The van der Waals surface area contributed by atoms with Crippen molar-refractivity contribution >= 4 is 11.6 Å². The maximum atomic E-state index is 6.72. The number of halogens is 1. The van der Waals surface area contributed by atoms with Crippen LogP contribution in [0.5, 0.6) is 0 Å². The number of benzene rings is 1. The van der Waals surface area contributed by atoms with Gasteiger partial charge in [0, 0.05) is 0 Å². The highest BCUT2D eigenvalue weighted by molar-refractivity contribution is 6.20. The average Bonchev–Trinajstić information content (AvgIpc) is 2.36. The molecular weight excluding hydrogens is 252 g/mol. The van der Waals surface area contributed by atoms with Gasteiger partial charge in [0.15, 0.2) is 0 Å². The number of alkyl halides is 1. The molecule has 0 aliphatic heterocycles. The van der Waals surface area contributed by atoms with Crippen LogP contribution < -0.4 is 0 Å². The molecule has 2 atom stereocenters. The Hall–Kier alpha value is -0.490. The average molecular weight is 281 g/mol.